The van der Waals surface area contributed by atoms with Crippen molar-refractivity contribution in [3.63, 3.8) is 0 Å². The predicted molar refractivity (Wildman–Crippen MR) is 129 cm³/mol. The van der Waals surface area contributed by atoms with Crippen LogP contribution in [0.2, 0.25) is 0 Å². The molecule has 0 saturated heterocycles. The highest BCUT2D eigenvalue weighted by Crippen LogP contribution is 2.52. The maximum atomic E-state index is 12.8. The minimum Gasteiger partial charge on any atom is -0.461 e. The van der Waals surface area contributed by atoms with E-state index in [1.54, 1.807) is 6.07 Å². The zero-order valence-corrected chi connectivity index (χ0v) is 22.0. The van der Waals surface area contributed by atoms with Crippen molar-refractivity contribution in [3.8, 4) is 11.5 Å². The van der Waals surface area contributed by atoms with Crippen molar-refractivity contribution >= 4 is 107 Å². The van der Waals surface area contributed by atoms with Gasteiger partial charge in [-0.25, -0.2) is 14.4 Å². The highest BCUT2D eigenvalue weighted by Gasteiger charge is 2.44. The van der Waals surface area contributed by atoms with Gasteiger partial charge in [0.2, 0.25) is 11.5 Å². The maximum Gasteiger partial charge on any atom is 0.348 e. The lowest BCUT2D eigenvalue weighted by Gasteiger charge is -2.08. The van der Waals surface area contributed by atoms with E-state index in [1.807, 2.05) is 28.7 Å². The molecular weight excluding hydrogens is 777 g/mol. The number of esters is 3. The molecule has 0 radical (unpaired) electrons. The summed E-state index contributed by atoms with van der Waals surface area (Å²) in [6.07, 6.45) is 0. The van der Waals surface area contributed by atoms with E-state index in [2.05, 4.69) is 45.2 Å². The van der Waals surface area contributed by atoms with Crippen molar-refractivity contribution in [1.82, 2.24) is 0 Å². The zero-order valence-electron chi connectivity index (χ0n) is 14.7. The Kier molecular flexibility index (Phi) is 6.11. The highest BCUT2D eigenvalue weighted by molar-refractivity contribution is 14.1. The van der Waals surface area contributed by atoms with Crippen LogP contribution < -0.4 is 9.47 Å². The molecule has 0 unspecified atom stereocenters. The number of furan rings is 2. The Hall–Kier alpha value is -1.25. The van der Waals surface area contributed by atoms with Crippen LogP contribution in [0.5, 0.6) is 11.5 Å². The second-order valence-corrected chi connectivity index (χ2v) is 11.2. The Bertz CT molecular complexity index is 1370. The third kappa shape index (κ3) is 4.23. The molecule has 0 fully saturated rings. The van der Waals surface area contributed by atoms with E-state index >= 15 is 0 Å². The molecule has 3 aromatic rings. The van der Waals surface area contributed by atoms with Gasteiger partial charge in [0.25, 0.3) is 10.1 Å². The molecular formula is C17H7I3O10S. The standard InChI is InChI=1S/C17H7I3O10S/c18-5-3-6(10(20)7(19)4-5)15(21)29-13-11-8(16(22)27-1-2-31(24,25)26)9-12(28-11)14(13)30-17(9)23/h3-4H,1-2H2,(H,24,25,26). The van der Waals surface area contributed by atoms with Gasteiger partial charge in [-0.3, -0.25) is 4.55 Å². The number of hydrogen-bond acceptors (Lipinski definition) is 9. The fraction of sp³-hybridized carbons (Fsp3) is 0.118. The van der Waals surface area contributed by atoms with Crippen molar-refractivity contribution in [1.29, 1.82) is 0 Å². The number of carbonyl (C=O) groups is 3. The topological polar surface area (TPSA) is 146 Å². The minimum atomic E-state index is -4.35. The van der Waals surface area contributed by atoms with Crippen molar-refractivity contribution in [2.45, 2.75) is 0 Å². The van der Waals surface area contributed by atoms with Gasteiger partial charge in [-0.1, -0.05) is 0 Å². The number of ether oxygens (including phenoxy) is 3. The van der Waals surface area contributed by atoms with Crippen LogP contribution in [0.3, 0.4) is 0 Å². The molecule has 3 heterocycles. The Labute approximate surface area is 214 Å². The average Bonchev–Trinajstić information content (AvgIpc) is 3.27. The SMILES string of the molecule is O=C(Oc1c2c3oc1c(C(=O)OCCS(=O)(=O)O)c3C(=O)O2)c1cc(I)cc(I)c1I. The first-order valence-electron chi connectivity index (χ1n) is 8.11. The maximum absolute atomic E-state index is 12.8. The van der Waals surface area contributed by atoms with Crippen molar-refractivity contribution < 1.29 is 46.0 Å². The number of benzene rings is 2. The van der Waals surface area contributed by atoms with Crippen LogP contribution in [0.1, 0.15) is 31.1 Å². The molecule has 0 aliphatic carbocycles. The summed E-state index contributed by atoms with van der Waals surface area (Å²) in [7, 11) is -4.35. The molecule has 2 bridgehead atoms. The van der Waals surface area contributed by atoms with Crippen LogP contribution in [0.15, 0.2) is 16.5 Å². The molecule has 162 valence electrons. The molecule has 1 N–H and O–H groups in total. The van der Waals surface area contributed by atoms with Gasteiger partial charge in [0.15, 0.2) is 11.2 Å². The highest BCUT2D eigenvalue weighted by atomic mass is 127. The van der Waals surface area contributed by atoms with E-state index in [0.717, 1.165) is 7.14 Å². The summed E-state index contributed by atoms with van der Waals surface area (Å²) < 4.78 is 53.4. The summed E-state index contributed by atoms with van der Waals surface area (Å²) in [6, 6.07) is 3.50. The lowest BCUT2D eigenvalue weighted by Crippen LogP contribution is -2.16. The number of halogens is 3. The second kappa shape index (κ2) is 8.27. The fourth-order valence-corrected chi connectivity index (χ4v) is 5.51. The molecule has 0 amide bonds. The van der Waals surface area contributed by atoms with Gasteiger partial charge in [-0.2, -0.15) is 8.42 Å². The van der Waals surface area contributed by atoms with E-state index in [9.17, 15) is 22.8 Å². The summed E-state index contributed by atoms with van der Waals surface area (Å²) in [5.41, 5.74) is -0.571. The molecule has 1 aromatic carbocycles. The first kappa shape index (κ1) is 22.9. The molecule has 1 aliphatic rings. The van der Waals surface area contributed by atoms with Crippen LogP contribution >= 0.6 is 67.8 Å². The monoisotopic (exact) mass is 784 g/mol. The van der Waals surface area contributed by atoms with Gasteiger partial charge in [0.1, 0.15) is 23.5 Å². The van der Waals surface area contributed by atoms with Crippen molar-refractivity contribution in [3.05, 3.63) is 39.5 Å². The predicted octanol–water partition coefficient (Wildman–Crippen LogP) is 3.48. The van der Waals surface area contributed by atoms with Gasteiger partial charge >= 0.3 is 17.9 Å². The third-order valence-corrected chi connectivity index (χ3v) is 8.46. The molecule has 4 rings (SSSR count). The van der Waals surface area contributed by atoms with E-state index in [4.69, 9.17) is 23.2 Å². The van der Waals surface area contributed by atoms with Crippen LogP contribution in [-0.4, -0.2) is 43.2 Å². The third-order valence-electron chi connectivity index (χ3n) is 4.11. The minimum absolute atomic E-state index is 0.0727. The normalized spacial score (nSPS) is 13.0. The number of carbonyl (C=O) groups excluding carboxylic acids is 3. The van der Waals surface area contributed by atoms with Gasteiger partial charge in [0, 0.05) is 10.7 Å². The Morgan fingerprint density at radius 2 is 1.81 bits per heavy atom. The number of rotatable bonds is 6. The van der Waals surface area contributed by atoms with Crippen LogP contribution in [0, 0.1) is 10.7 Å². The smallest absolute Gasteiger partial charge is 0.348 e. The second-order valence-electron chi connectivity index (χ2n) is 6.12. The Morgan fingerprint density at radius 3 is 2.48 bits per heavy atom. The Balaban J connectivity index is 1.68. The zero-order chi connectivity index (χ0) is 22.7. The molecule has 2 aromatic heterocycles. The van der Waals surface area contributed by atoms with Crippen LogP contribution in [0.4, 0.5) is 0 Å². The molecule has 14 heteroatoms. The van der Waals surface area contributed by atoms with E-state index in [-0.39, 0.29) is 39.4 Å². The van der Waals surface area contributed by atoms with Gasteiger partial charge in [0.05, 0.1) is 5.56 Å². The average molecular weight is 784 g/mol. The molecule has 1 aliphatic heterocycles. The lowest BCUT2D eigenvalue weighted by atomic mass is 10.1. The molecule has 10 nitrogen and oxygen atoms in total. The van der Waals surface area contributed by atoms with E-state index in [0.29, 0.717) is 3.57 Å². The van der Waals surface area contributed by atoms with Gasteiger partial charge in [-0.15, -0.1) is 0 Å². The largest absolute Gasteiger partial charge is 0.461 e. The van der Waals surface area contributed by atoms with Crippen molar-refractivity contribution in [2.75, 3.05) is 12.4 Å². The summed E-state index contributed by atoms with van der Waals surface area (Å²) >= 11 is 6.13. The summed E-state index contributed by atoms with van der Waals surface area (Å²) in [5.74, 6) is -3.93. The fourth-order valence-electron chi connectivity index (χ4n) is 2.84. The number of hydrogen-bond donors (Lipinski definition) is 1. The Morgan fingerprint density at radius 1 is 1.10 bits per heavy atom. The van der Waals surface area contributed by atoms with Gasteiger partial charge in [-0.05, 0) is 79.9 Å². The summed E-state index contributed by atoms with van der Waals surface area (Å²) in [5, 5.41) is 0. The van der Waals surface area contributed by atoms with E-state index < -0.39 is 40.4 Å². The lowest BCUT2D eigenvalue weighted by molar-refractivity contribution is 0.0523. The number of fused-ring (bicyclic) bond motifs is 1. The van der Waals surface area contributed by atoms with Crippen molar-refractivity contribution in [2.24, 2.45) is 0 Å². The first-order valence-corrected chi connectivity index (χ1v) is 13.0. The molecule has 0 spiro atoms. The van der Waals surface area contributed by atoms with Crippen LogP contribution in [-0.2, 0) is 14.9 Å². The quantitative estimate of drug-likeness (QED) is 0.130. The molecule has 0 saturated carbocycles. The first-order chi connectivity index (χ1) is 14.5. The molecule has 31 heavy (non-hydrogen) atoms. The van der Waals surface area contributed by atoms with Gasteiger partial charge < -0.3 is 18.6 Å². The summed E-state index contributed by atoms with van der Waals surface area (Å²) in [6.45, 7) is -0.656. The summed E-state index contributed by atoms with van der Waals surface area (Å²) in [4.78, 5) is 37.4. The van der Waals surface area contributed by atoms with E-state index in [1.165, 1.54) is 0 Å². The molecule has 0 atom stereocenters. The van der Waals surface area contributed by atoms with Crippen LogP contribution in [0.25, 0.3) is 11.2 Å².